The van der Waals surface area contributed by atoms with Crippen LogP contribution in [0.4, 0.5) is 17.1 Å². The van der Waals surface area contributed by atoms with Crippen molar-refractivity contribution in [2.24, 2.45) is 5.92 Å². The summed E-state index contributed by atoms with van der Waals surface area (Å²) >= 11 is 0. The molecule has 1 atom stereocenters. The molecule has 9 nitrogen and oxygen atoms in total. The second kappa shape index (κ2) is 9.85. The second-order valence-corrected chi connectivity index (χ2v) is 9.59. The summed E-state index contributed by atoms with van der Waals surface area (Å²) in [6.07, 6.45) is 6.54. The Kier molecular flexibility index (Phi) is 6.48. The third-order valence-electron chi connectivity index (χ3n) is 6.94. The smallest absolute Gasteiger partial charge is 0.293 e. The van der Waals surface area contributed by atoms with Crippen LogP contribution < -0.4 is 10.2 Å². The summed E-state index contributed by atoms with van der Waals surface area (Å²) in [5, 5.41) is 23.4. The van der Waals surface area contributed by atoms with Crippen LogP contribution in [-0.4, -0.2) is 38.7 Å². The molecule has 0 radical (unpaired) electrons. The maximum absolute atomic E-state index is 12.9. The Morgan fingerprint density at radius 3 is 2.66 bits per heavy atom. The van der Waals surface area contributed by atoms with Crippen LogP contribution >= 0.6 is 0 Å². The molecule has 1 N–H and O–H groups in total. The summed E-state index contributed by atoms with van der Waals surface area (Å²) in [7, 11) is 0. The molecular formula is C26H30N6O3. The summed E-state index contributed by atoms with van der Waals surface area (Å²) in [5.74, 6) is 1.98. The molecule has 0 bridgehead atoms. The molecule has 0 saturated carbocycles. The zero-order valence-electron chi connectivity index (χ0n) is 19.9. The lowest BCUT2D eigenvalue weighted by molar-refractivity contribution is -0.384. The second-order valence-electron chi connectivity index (χ2n) is 9.59. The topological polar surface area (TPSA) is 106 Å². The average molecular weight is 475 g/mol. The van der Waals surface area contributed by atoms with E-state index < -0.39 is 4.92 Å². The van der Waals surface area contributed by atoms with Crippen molar-refractivity contribution >= 4 is 23.0 Å². The lowest BCUT2D eigenvalue weighted by atomic mass is 9.99. The maximum atomic E-state index is 12.9. The Labute approximate surface area is 204 Å². The number of hydrogen-bond acceptors (Lipinski definition) is 6. The molecule has 2 aromatic carbocycles. The van der Waals surface area contributed by atoms with E-state index in [1.54, 1.807) is 12.1 Å². The number of rotatable bonds is 5. The van der Waals surface area contributed by atoms with Crippen molar-refractivity contribution in [1.29, 1.82) is 0 Å². The highest BCUT2D eigenvalue weighted by Gasteiger charge is 2.25. The fraction of sp³-hybridized carbons (Fsp3) is 0.423. The van der Waals surface area contributed by atoms with Crippen molar-refractivity contribution in [3.05, 3.63) is 64.0 Å². The number of carbonyl (C=O) groups is 1. The molecular weight excluding hydrogens is 444 g/mol. The van der Waals surface area contributed by atoms with Crippen LogP contribution in [0.5, 0.6) is 0 Å². The number of aromatic nitrogens is 3. The molecule has 0 spiro atoms. The number of fused-ring (bicyclic) bond motifs is 1. The number of nitro benzene ring substituents is 1. The van der Waals surface area contributed by atoms with Gasteiger partial charge in [-0.25, -0.2) is 0 Å². The molecule has 2 aliphatic rings. The molecule has 9 heteroatoms. The van der Waals surface area contributed by atoms with Gasteiger partial charge in [-0.15, -0.1) is 10.2 Å². The summed E-state index contributed by atoms with van der Waals surface area (Å²) in [5.41, 5.74) is 2.37. The predicted molar refractivity (Wildman–Crippen MR) is 135 cm³/mol. The van der Waals surface area contributed by atoms with Gasteiger partial charge in [0.15, 0.2) is 5.82 Å². The Morgan fingerprint density at radius 2 is 1.89 bits per heavy atom. The monoisotopic (exact) mass is 474 g/mol. The van der Waals surface area contributed by atoms with Gasteiger partial charge in [0, 0.05) is 48.9 Å². The minimum atomic E-state index is -0.401. The third-order valence-corrected chi connectivity index (χ3v) is 6.94. The number of benzene rings is 2. The van der Waals surface area contributed by atoms with E-state index in [2.05, 4.69) is 31.9 Å². The minimum Gasteiger partial charge on any atom is -0.366 e. The zero-order valence-corrected chi connectivity index (χ0v) is 19.9. The lowest BCUT2D eigenvalue weighted by Crippen LogP contribution is -2.34. The van der Waals surface area contributed by atoms with E-state index in [1.807, 2.05) is 24.3 Å². The van der Waals surface area contributed by atoms with Crippen molar-refractivity contribution in [1.82, 2.24) is 14.8 Å². The van der Waals surface area contributed by atoms with E-state index in [1.165, 1.54) is 12.5 Å². The molecule has 5 rings (SSSR count). The zero-order chi connectivity index (χ0) is 24.4. The van der Waals surface area contributed by atoms with E-state index >= 15 is 0 Å². The standard InChI is InChI=1S/C26H30N6O3/c1-18-6-5-14-30(17-18)22-13-10-20(16-23(22)32(34)35)26(33)27-21-11-8-19(9-12-21)25-29-28-24-7-3-2-4-15-31(24)25/h8-13,16,18H,2-7,14-15,17H2,1H3,(H,27,33)/t18-/m0/s1. The highest BCUT2D eigenvalue weighted by molar-refractivity contribution is 6.05. The molecule has 0 unspecified atom stereocenters. The Balaban J connectivity index is 1.32. The number of nitrogens with one attached hydrogen (secondary N) is 1. The first-order chi connectivity index (χ1) is 17.0. The van der Waals surface area contributed by atoms with E-state index in [4.69, 9.17) is 0 Å². The lowest BCUT2D eigenvalue weighted by Gasteiger charge is -2.32. The van der Waals surface area contributed by atoms with Gasteiger partial charge in [0.2, 0.25) is 0 Å². The molecule has 35 heavy (non-hydrogen) atoms. The SMILES string of the molecule is C[C@H]1CCCN(c2ccc(C(=O)Nc3ccc(-c4nnc5n4CCCCC5)cc3)cc2[N+](=O)[O-])C1. The molecule has 3 heterocycles. The summed E-state index contributed by atoms with van der Waals surface area (Å²) in [4.78, 5) is 26.3. The molecule has 1 saturated heterocycles. The van der Waals surface area contributed by atoms with Gasteiger partial charge in [0.05, 0.1) is 4.92 Å². The summed E-state index contributed by atoms with van der Waals surface area (Å²) in [6.45, 7) is 4.65. The number of nitro groups is 1. The fourth-order valence-corrected chi connectivity index (χ4v) is 5.09. The van der Waals surface area contributed by atoms with Crippen LogP contribution in [0.15, 0.2) is 42.5 Å². The molecule has 0 aliphatic carbocycles. The van der Waals surface area contributed by atoms with Crippen LogP contribution in [0, 0.1) is 16.0 Å². The molecule has 182 valence electrons. The van der Waals surface area contributed by atoms with Crippen LogP contribution in [0.1, 0.15) is 55.2 Å². The first-order valence-corrected chi connectivity index (χ1v) is 12.4. The third kappa shape index (κ3) is 4.89. The number of aryl methyl sites for hydroxylation is 1. The van der Waals surface area contributed by atoms with Crippen molar-refractivity contribution < 1.29 is 9.72 Å². The number of carbonyl (C=O) groups excluding carboxylic acids is 1. The Bertz CT molecular complexity index is 1240. The maximum Gasteiger partial charge on any atom is 0.293 e. The van der Waals surface area contributed by atoms with E-state index in [-0.39, 0.29) is 17.2 Å². The van der Waals surface area contributed by atoms with Gasteiger partial charge < -0.3 is 14.8 Å². The van der Waals surface area contributed by atoms with E-state index in [0.29, 0.717) is 17.3 Å². The van der Waals surface area contributed by atoms with Gasteiger partial charge >= 0.3 is 0 Å². The molecule has 3 aromatic rings. The van der Waals surface area contributed by atoms with E-state index in [9.17, 15) is 14.9 Å². The van der Waals surface area contributed by atoms with Crippen molar-refractivity contribution in [3.63, 3.8) is 0 Å². The average Bonchev–Trinajstić information content (AvgIpc) is 3.12. The summed E-state index contributed by atoms with van der Waals surface area (Å²) in [6, 6.07) is 12.2. The Morgan fingerprint density at radius 1 is 1.06 bits per heavy atom. The largest absolute Gasteiger partial charge is 0.366 e. The summed E-state index contributed by atoms with van der Waals surface area (Å²) < 4.78 is 2.18. The normalized spacial score (nSPS) is 18.0. The minimum absolute atomic E-state index is 0.0328. The molecule has 2 aliphatic heterocycles. The van der Waals surface area contributed by atoms with Crippen LogP contribution in [0.25, 0.3) is 11.4 Å². The van der Waals surface area contributed by atoms with Gasteiger partial charge in [0.1, 0.15) is 11.5 Å². The fourth-order valence-electron chi connectivity index (χ4n) is 5.09. The Hall–Kier alpha value is -3.75. The number of amides is 1. The molecule has 1 amide bonds. The van der Waals surface area contributed by atoms with Gasteiger partial charge in [0.25, 0.3) is 11.6 Å². The first-order valence-electron chi connectivity index (χ1n) is 12.4. The number of piperidine rings is 1. The number of hydrogen-bond donors (Lipinski definition) is 1. The van der Waals surface area contributed by atoms with Crippen LogP contribution in [-0.2, 0) is 13.0 Å². The van der Waals surface area contributed by atoms with Crippen molar-refractivity contribution in [2.75, 3.05) is 23.3 Å². The van der Waals surface area contributed by atoms with Crippen LogP contribution in [0.3, 0.4) is 0 Å². The highest BCUT2D eigenvalue weighted by atomic mass is 16.6. The van der Waals surface area contributed by atoms with Gasteiger partial charge in [-0.3, -0.25) is 14.9 Å². The van der Waals surface area contributed by atoms with Crippen LogP contribution in [0.2, 0.25) is 0 Å². The molecule has 1 fully saturated rings. The van der Waals surface area contributed by atoms with E-state index in [0.717, 1.165) is 69.0 Å². The number of nitrogens with zero attached hydrogens (tertiary/aromatic N) is 5. The predicted octanol–water partition coefficient (Wildman–Crippen LogP) is 5.07. The number of anilines is 2. The van der Waals surface area contributed by atoms with Crippen molar-refractivity contribution in [2.45, 2.75) is 52.0 Å². The van der Waals surface area contributed by atoms with Gasteiger partial charge in [-0.1, -0.05) is 13.3 Å². The van der Waals surface area contributed by atoms with Gasteiger partial charge in [-0.2, -0.15) is 0 Å². The quantitative estimate of drug-likeness (QED) is 0.409. The first kappa shape index (κ1) is 23.0. The van der Waals surface area contributed by atoms with Gasteiger partial charge in [-0.05, 0) is 68.0 Å². The molecule has 1 aromatic heterocycles. The highest BCUT2D eigenvalue weighted by Crippen LogP contribution is 2.33. The van der Waals surface area contributed by atoms with Crippen molar-refractivity contribution in [3.8, 4) is 11.4 Å².